The molecular weight excluding hydrogens is 272 g/mol. The molecule has 0 aliphatic rings. The third-order valence-corrected chi connectivity index (χ3v) is 2.60. The van der Waals surface area contributed by atoms with Crippen LogP contribution in [0.2, 0.25) is 0 Å². The molecule has 1 aromatic carbocycles. The fourth-order valence-electron chi connectivity index (χ4n) is 1.61. The first-order valence-electron chi connectivity index (χ1n) is 5.96. The van der Waals surface area contributed by atoms with Gasteiger partial charge in [0, 0.05) is 17.4 Å². The molecule has 0 radical (unpaired) electrons. The number of hydrogen-bond donors (Lipinski definition) is 1. The van der Waals surface area contributed by atoms with E-state index in [4.69, 9.17) is 0 Å². The Morgan fingerprint density at radius 1 is 1.30 bits per heavy atom. The minimum absolute atomic E-state index is 0.109. The van der Waals surface area contributed by atoms with Gasteiger partial charge in [-0.3, -0.25) is 4.99 Å². The van der Waals surface area contributed by atoms with Crippen molar-refractivity contribution < 1.29 is 17.6 Å². The Hall–Kier alpha value is -1.69. The van der Waals surface area contributed by atoms with E-state index in [1.165, 1.54) is 6.21 Å². The van der Waals surface area contributed by atoms with E-state index in [0.29, 0.717) is 18.3 Å². The maximum absolute atomic E-state index is 13.9. The summed E-state index contributed by atoms with van der Waals surface area (Å²) >= 11 is 0. The van der Waals surface area contributed by atoms with Crippen LogP contribution in [0.25, 0.3) is 5.57 Å². The van der Waals surface area contributed by atoms with Crippen LogP contribution >= 0.6 is 0 Å². The zero-order valence-electron chi connectivity index (χ0n) is 11.5. The van der Waals surface area contributed by atoms with E-state index in [1.807, 2.05) is 0 Å². The third kappa shape index (κ3) is 4.16. The SMILES string of the molecule is CNC/N=C\C(=C(C)C)c1ccc(C(F)(F)F)cc1F. The molecule has 1 N–H and O–H groups in total. The first-order chi connectivity index (χ1) is 9.27. The summed E-state index contributed by atoms with van der Waals surface area (Å²) in [6, 6.07) is 2.50. The van der Waals surface area contributed by atoms with Gasteiger partial charge >= 0.3 is 6.18 Å². The molecule has 0 saturated carbocycles. The largest absolute Gasteiger partial charge is 0.416 e. The fraction of sp³-hybridized carbons (Fsp3) is 0.357. The van der Waals surface area contributed by atoms with Crippen LogP contribution in [0.1, 0.15) is 25.0 Å². The summed E-state index contributed by atoms with van der Waals surface area (Å²) in [6.45, 7) is 3.84. The molecule has 0 amide bonds. The summed E-state index contributed by atoms with van der Waals surface area (Å²) in [5.74, 6) is -0.910. The Kier molecular flexibility index (Phi) is 5.44. The molecule has 0 aromatic heterocycles. The maximum atomic E-state index is 13.9. The van der Waals surface area contributed by atoms with Crippen molar-refractivity contribution in [3.8, 4) is 0 Å². The second-order valence-corrected chi connectivity index (χ2v) is 4.43. The zero-order valence-corrected chi connectivity index (χ0v) is 11.5. The van der Waals surface area contributed by atoms with Crippen LogP contribution in [-0.4, -0.2) is 19.9 Å². The first-order valence-corrected chi connectivity index (χ1v) is 5.96. The van der Waals surface area contributed by atoms with E-state index in [1.54, 1.807) is 20.9 Å². The third-order valence-electron chi connectivity index (χ3n) is 2.60. The van der Waals surface area contributed by atoms with Crippen molar-refractivity contribution in [3.05, 3.63) is 40.7 Å². The molecule has 20 heavy (non-hydrogen) atoms. The molecule has 0 fully saturated rings. The minimum Gasteiger partial charge on any atom is -0.301 e. The van der Waals surface area contributed by atoms with Gasteiger partial charge in [0.25, 0.3) is 0 Å². The lowest BCUT2D eigenvalue weighted by atomic mass is 10.00. The lowest BCUT2D eigenvalue weighted by Gasteiger charge is -2.11. The molecule has 0 aliphatic carbocycles. The monoisotopic (exact) mass is 288 g/mol. The first kappa shape index (κ1) is 16.4. The molecule has 0 heterocycles. The van der Waals surface area contributed by atoms with Crippen molar-refractivity contribution >= 4 is 11.8 Å². The predicted octanol–water partition coefficient (Wildman–Crippen LogP) is 3.89. The Bertz CT molecular complexity index is 526. The summed E-state index contributed by atoms with van der Waals surface area (Å²) in [6.07, 6.45) is -3.10. The van der Waals surface area contributed by atoms with Gasteiger partial charge < -0.3 is 5.32 Å². The molecule has 1 aromatic rings. The van der Waals surface area contributed by atoms with Gasteiger partial charge in [-0.05, 0) is 33.0 Å². The Morgan fingerprint density at radius 3 is 2.40 bits per heavy atom. The van der Waals surface area contributed by atoms with Gasteiger partial charge in [-0.15, -0.1) is 0 Å². The van der Waals surface area contributed by atoms with Crippen molar-refractivity contribution in [1.29, 1.82) is 0 Å². The predicted molar refractivity (Wildman–Crippen MR) is 72.1 cm³/mol. The number of halogens is 4. The lowest BCUT2D eigenvalue weighted by Crippen LogP contribution is -2.07. The normalized spacial score (nSPS) is 11.9. The van der Waals surface area contributed by atoms with E-state index < -0.39 is 17.6 Å². The number of nitrogens with zero attached hydrogens (tertiary/aromatic N) is 1. The van der Waals surface area contributed by atoms with E-state index in [9.17, 15) is 17.6 Å². The van der Waals surface area contributed by atoms with Crippen LogP contribution in [-0.2, 0) is 6.18 Å². The van der Waals surface area contributed by atoms with Crippen molar-refractivity contribution in [2.45, 2.75) is 20.0 Å². The Labute approximate surface area is 115 Å². The number of nitrogens with one attached hydrogen (secondary N) is 1. The van der Waals surface area contributed by atoms with E-state index in [2.05, 4.69) is 10.3 Å². The summed E-state index contributed by atoms with van der Waals surface area (Å²) in [5.41, 5.74) is 0.354. The van der Waals surface area contributed by atoms with Crippen molar-refractivity contribution in [3.63, 3.8) is 0 Å². The molecule has 0 saturated heterocycles. The highest BCUT2D eigenvalue weighted by Crippen LogP contribution is 2.31. The van der Waals surface area contributed by atoms with Crippen molar-refractivity contribution in [2.75, 3.05) is 13.7 Å². The highest BCUT2D eigenvalue weighted by Gasteiger charge is 2.31. The van der Waals surface area contributed by atoms with E-state index in [0.717, 1.165) is 17.7 Å². The molecule has 0 bridgehead atoms. The second-order valence-electron chi connectivity index (χ2n) is 4.43. The van der Waals surface area contributed by atoms with Gasteiger partial charge in [0.1, 0.15) is 5.82 Å². The molecule has 110 valence electrons. The van der Waals surface area contributed by atoms with Crippen LogP contribution in [0.3, 0.4) is 0 Å². The molecule has 2 nitrogen and oxygen atoms in total. The van der Waals surface area contributed by atoms with Gasteiger partial charge in [0.05, 0.1) is 12.2 Å². The van der Waals surface area contributed by atoms with Crippen LogP contribution in [0.5, 0.6) is 0 Å². The van der Waals surface area contributed by atoms with Crippen LogP contribution in [0, 0.1) is 5.82 Å². The highest BCUT2D eigenvalue weighted by atomic mass is 19.4. The molecule has 6 heteroatoms. The van der Waals surface area contributed by atoms with Gasteiger partial charge in [0.2, 0.25) is 0 Å². The topological polar surface area (TPSA) is 24.4 Å². The van der Waals surface area contributed by atoms with Gasteiger partial charge in [-0.1, -0.05) is 11.6 Å². The number of aliphatic imine (C=N–C) groups is 1. The fourth-order valence-corrected chi connectivity index (χ4v) is 1.61. The number of allylic oxidation sites excluding steroid dienone is 2. The summed E-state index contributed by atoms with van der Waals surface area (Å²) in [4.78, 5) is 4.02. The van der Waals surface area contributed by atoms with Crippen molar-refractivity contribution in [2.24, 2.45) is 4.99 Å². The van der Waals surface area contributed by atoms with Gasteiger partial charge in [-0.25, -0.2) is 4.39 Å². The van der Waals surface area contributed by atoms with Crippen LogP contribution in [0.4, 0.5) is 17.6 Å². The number of benzene rings is 1. The zero-order chi connectivity index (χ0) is 15.3. The smallest absolute Gasteiger partial charge is 0.301 e. The van der Waals surface area contributed by atoms with Gasteiger partial charge in [0.15, 0.2) is 0 Å². The minimum atomic E-state index is -4.55. The van der Waals surface area contributed by atoms with Crippen LogP contribution in [0.15, 0.2) is 28.8 Å². The number of alkyl halides is 3. The molecule has 0 aliphatic heterocycles. The number of hydrogen-bond acceptors (Lipinski definition) is 2. The molecule has 0 spiro atoms. The Morgan fingerprint density at radius 2 is 1.95 bits per heavy atom. The second kappa shape index (κ2) is 6.65. The molecule has 0 unspecified atom stereocenters. The summed E-state index contributed by atoms with van der Waals surface area (Å²) < 4.78 is 51.4. The summed E-state index contributed by atoms with van der Waals surface area (Å²) in [5, 5.41) is 2.79. The molecular formula is C14H16F4N2. The van der Waals surface area contributed by atoms with Crippen molar-refractivity contribution in [1.82, 2.24) is 5.32 Å². The van der Waals surface area contributed by atoms with Crippen LogP contribution < -0.4 is 5.32 Å². The average Bonchev–Trinajstić information content (AvgIpc) is 2.34. The quantitative estimate of drug-likeness (QED) is 0.660. The van der Waals surface area contributed by atoms with Gasteiger partial charge in [-0.2, -0.15) is 13.2 Å². The average molecular weight is 288 g/mol. The standard InChI is InChI=1S/C14H16F4N2/c1-9(2)12(7-20-8-19-3)11-5-4-10(6-13(11)15)14(16,17)18/h4-7,19H,8H2,1-3H3/b20-7-. The molecule has 1 rings (SSSR count). The van der Waals surface area contributed by atoms with E-state index in [-0.39, 0.29) is 5.56 Å². The van der Waals surface area contributed by atoms with E-state index >= 15 is 0 Å². The summed E-state index contributed by atoms with van der Waals surface area (Å²) in [7, 11) is 1.71. The lowest BCUT2D eigenvalue weighted by molar-refractivity contribution is -0.137. The maximum Gasteiger partial charge on any atom is 0.416 e. The number of rotatable bonds is 4. The highest BCUT2D eigenvalue weighted by molar-refractivity contribution is 6.10. The Balaban J connectivity index is 3.21. The molecule has 0 atom stereocenters.